The van der Waals surface area contributed by atoms with E-state index < -0.39 is 0 Å². The van der Waals surface area contributed by atoms with Crippen molar-refractivity contribution >= 4 is 12.0 Å². The molecule has 1 aliphatic rings. The zero-order valence-corrected chi connectivity index (χ0v) is 16.7. The van der Waals surface area contributed by atoms with Gasteiger partial charge in [0.15, 0.2) is 11.5 Å². The Balaban J connectivity index is 1.30. The molecule has 154 valence electrons. The molecule has 0 aliphatic carbocycles. The highest BCUT2D eigenvalue weighted by atomic mass is 16.6. The molecule has 7 heteroatoms. The predicted octanol–water partition coefficient (Wildman–Crippen LogP) is 3.02. The fourth-order valence-corrected chi connectivity index (χ4v) is 3.19. The van der Waals surface area contributed by atoms with Crippen molar-refractivity contribution < 1.29 is 19.0 Å². The molecule has 0 unspecified atom stereocenters. The number of benzene rings is 2. The van der Waals surface area contributed by atoms with E-state index in [9.17, 15) is 4.79 Å². The van der Waals surface area contributed by atoms with E-state index in [4.69, 9.17) is 14.2 Å². The highest BCUT2D eigenvalue weighted by Gasteiger charge is 2.17. The first-order chi connectivity index (χ1) is 14.7. The van der Waals surface area contributed by atoms with Gasteiger partial charge >= 0.3 is 0 Å². The summed E-state index contributed by atoms with van der Waals surface area (Å²) in [4.78, 5) is 12.2. The molecule has 0 saturated heterocycles. The summed E-state index contributed by atoms with van der Waals surface area (Å²) in [5.74, 6) is 1.66. The van der Waals surface area contributed by atoms with Crippen molar-refractivity contribution in [3.8, 4) is 22.9 Å². The van der Waals surface area contributed by atoms with Gasteiger partial charge in [-0.1, -0.05) is 12.1 Å². The van der Waals surface area contributed by atoms with Gasteiger partial charge in [0.25, 0.3) is 0 Å². The molecule has 0 fully saturated rings. The van der Waals surface area contributed by atoms with Crippen LogP contribution in [0.5, 0.6) is 17.2 Å². The maximum Gasteiger partial charge on any atom is 0.244 e. The first-order valence-corrected chi connectivity index (χ1v) is 9.75. The van der Waals surface area contributed by atoms with E-state index in [0.717, 1.165) is 23.2 Å². The van der Waals surface area contributed by atoms with E-state index >= 15 is 0 Å². The van der Waals surface area contributed by atoms with Gasteiger partial charge in [-0.05, 0) is 54.0 Å². The first-order valence-electron chi connectivity index (χ1n) is 9.75. The quantitative estimate of drug-likeness (QED) is 0.612. The van der Waals surface area contributed by atoms with Gasteiger partial charge in [-0.2, -0.15) is 5.10 Å². The van der Waals surface area contributed by atoms with Crippen LogP contribution in [0.4, 0.5) is 0 Å². The fourth-order valence-electron chi connectivity index (χ4n) is 3.19. The number of ether oxygens (including phenoxy) is 3. The van der Waals surface area contributed by atoms with Crippen molar-refractivity contribution in [2.24, 2.45) is 0 Å². The van der Waals surface area contributed by atoms with Gasteiger partial charge in [-0.3, -0.25) is 4.79 Å². The van der Waals surface area contributed by atoms with Crippen molar-refractivity contribution in [2.45, 2.75) is 6.42 Å². The number of aromatic nitrogens is 2. The van der Waals surface area contributed by atoms with Crippen LogP contribution in [-0.2, 0) is 11.2 Å². The minimum absolute atomic E-state index is 0.156. The monoisotopic (exact) mass is 405 g/mol. The van der Waals surface area contributed by atoms with E-state index in [2.05, 4.69) is 10.4 Å². The number of amides is 1. The lowest BCUT2D eigenvalue weighted by Crippen LogP contribution is -2.23. The summed E-state index contributed by atoms with van der Waals surface area (Å²) in [5, 5.41) is 7.11. The summed E-state index contributed by atoms with van der Waals surface area (Å²) in [6, 6.07) is 13.7. The summed E-state index contributed by atoms with van der Waals surface area (Å²) in [7, 11) is 1.58. The number of carbonyl (C=O) groups is 1. The molecule has 30 heavy (non-hydrogen) atoms. The van der Waals surface area contributed by atoms with Crippen molar-refractivity contribution in [3.63, 3.8) is 0 Å². The molecule has 0 radical (unpaired) electrons. The van der Waals surface area contributed by atoms with Crippen LogP contribution in [0, 0.1) is 0 Å². The third-order valence-electron chi connectivity index (χ3n) is 4.70. The lowest BCUT2D eigenvalue weighted by molar-refractivity contribution is -0.116. The van der Waals surface area contributed by atoms with Gasteiger partial charge in [0.1, 0.15) is 13.2 Å². The van der Waals surface area contributed by atoms with Gasteiger partial charge in [-0.25, -0.2) is 4.68 Å². The molecule has 0 bridgehead atoms. The smallest absolute Gasteiger partial charge is 0.244 e. The Kier molecular flexibility index (Phi) is 5.98. The summed E-state index contributed by atoms with van der Waals surface area (Å²) < 4.78 is 18.4. The summed E-state index contributed by atoms with van der Waals surface area (Å²) in [6.07, 6.45) is 7.63. The second-order valence-corrected chi connectivity index (χ2v) is 6.74. The predicted molar refractivity (Wildman–Crippen MR) is 113 cm³/mol. The maximum atomic E-state index is 12.2. The number of hydrogen-bond donors (Lipinski definition) is 1. The first kappa shape index (κ1) is 19.6. The molecule has 0 saturated carbocycles. The van der Waals surface area contributed by atoms with Crippen molar-refractivity contribution in [1.82, 2.24) is 15.1 Å². The van der Waals surface area contributed by atoms with Gasteiger partial charge in [0.05, 0.1) is 12.8 Å². The second kappa shape index (κ2) is 9.17. The van der Waals surface area contributed by atoms with Crippen LogP contribution in [0.25, 0.3) is 11.8 Å². The highest BCUT2D eigenvalue weighted by Crippen LogP contribution is 2.40. The molecule has 1 N–H and O–H groups in total. The van der Waals surface area contributed by atoms with Gasteiger partial charge in [0, 0.05) is 25.0 Å². The normalized spacial score (nSPS) is 12.7. The minimum atomic E-state index is -0.156. The average molecular weight is 405 g/mol. The lowest BCUT2D eigenvalue weighted by atomic mass is 10.1. The molecule has 7 nitrogen and oxygen atoms in total. The number of methoxy groups -OCH3 is 1. The minimum Gasteiger partial charge on any atom is -0.493 e. The number of fused-ring (bicyclic) bond motifs is 1. The van der Waals surface area contributed by atoms with Gasteiger partial charge in [-0.15, -0.1) is 0 Å². The molecule has 2 heterocycles. The van der Waals surface area contributed by atoms with Crippen molar-refractivity contribution in [2.75, 3.05) is 26.9 Å². The van der Waals surface area contributed by atoms with Gasteiger partial charge in [0.2, 0.25) is 11.7 Å². The van der Waals surface area contributed by atoms with E-state index in [1.54, 1.807) is 19.4 Å². The van der Waals surface area contributed by atoms with Crippen LogP contribution in [0.1, 0.15) is 11.1 Å². The number of hydrogen-bond acceptors (Lipinski definition) is 5. The highest BCUT2D eigenvalue weighted by molar-refractivity contribution is 5.91. The molecule has 1 aliphatic heterocycles. The largest absolute Gasteiger partial charge is 0.493 e. The summed E-state index contributed by atoms with van der Waals surface area (Å²) >= 11 is 0. The zero-order valence-electron chi connectivity index (χ0n) is 16.7. The van der Waals surface area contributed by atoms with Crippen molar-refractivity contribution in [3.05, 3.63) is 72.1 Å². The van der Waals surface area contributed by atoms with Crippen LogP contribution < -0.4 is 19.5 Å². The SMILES string of the molecule is COc1cc(/C=C/C(=O)NCCc2ccc(-n3cccn3)cc2)cc2c1OCCO2. The van der Waals surface area contributed by atoms with Crippen LogP contribution in [0.15, 0.2) is 60.9 Å². The van der Waals surface area contributed by atoms with E-state index in [1.165, 1.54) is 6.08 Å². The Morgan fingerprint density at radius 2 is 2.07 bits per heavy atom. The number of nitrogens with zero attached hydrogens (tertiary/aromatic N) is 2. The Morgan fingerprint density at radius 3 is 2.83 bits per heavy atom. The molecule has 4 rings (SSSR count). The van der Waals surface area contributed by atoms with Crippen LogP contribution >= 0.6 is 0 Å². The zero-order chi connectivity index (χ0) is 20.8. The lowest BCUT2D eigenvalue weighted by Gasteiger charge is -2.20. The van der Waals surface area contributed by atoms with E-state index in [0.29, 0.717) is 37.0 Å². The number of rotatable bonds is 7. The number of nitrogens with one attached hydrogen (secondary N) is 1. The average Bonchev–Trinajstić information content (AvgIpc) is 3.32. The Labute approximate surface area is 174 Å². The maximum absolute atomic E-state index is 12.2. The van der Waals surface area contributed by atoms with E-state index in [1.807, 2.05) is 53.3 Å². The molecule has 0 spiro atoms. The summed E-state index contributed by atoms with van der Waals surface area (Å²) in [6.45, 7) is 1.54. The number of carbonyl (C=O) groups excluding carboxylic acids is 1. The third-order valence-corrected chi connectivity index (χ3v) is 4.70. The fraction of sp³-hybridized carbons (Fsp3) is 0.217. The van der Waals surface area contributed by atoms with Crippen LogP contribution in [0.2, 0.25) is 0 Å². The van der Waals surface area contributed by atoms with Gasteiger partial charge < -0.3 is 19.5 Å². The molecule has 0 atom stereocenters. The standard InChI is InChI=1S/C23H23N3O4/c1-28-20-15-18(16-21-23(20)30-14-13-29-21)5-8-22(27)24-11-9-17-3-6-19(7-4-17)26-12-2-10-25-26/h2-8,10,12,15-16H,9,11,13-14H2,1H3,(H,24,27)/b8-5+. The van der Waals surface area contributed by atoms with Crippen molar-refractivity contribution in [1.29, 1.82) is 0 Å². The molecular formula is C23H23N3O4. The van der Waals surface area contributed by atoms with Crippen LogP contribution in [-0.4, -0.2) is 42.6 Å². The molecule has 2 aromatic carbocycles. The Bertz CT molecular complexity index is 1010. The molecule has 3 aromatic rings. The topological polar surface area (TPSA) is 74.6 Å². The second-order valence-electron chi connectivity index (χ2n) is 6.74. The van der Waals surface area contributed by atoms with Crippen LogP contribution in [0.3, 0.4) is 0 Å². The Hall–Kier alpha value is -3.74. The third kappa shape index (κ3) is 4.63. The Morgan fingerprint density at radius 1 is 1.23 bits per heavy atom. The summed E-state index contributed by atoms with van der Waals surface area (Å²) in [5.41, 5.74) is 2.96. The molecule has 1 aromatic heterocycles. The molecular weight excluding hydrogens is 382 g/mol. The van der Waals surface area contributed by atoms with E-state index in [-0.39, 0.29) is 5.91 Å². The molecule has 1 amide bonds.